The molecule has 10 nitrogen and oxygen atoms in total. The molecule has 2 amide bonds. The molecule has 3 rings (SSSR count). The summed E-state index contributed by atoms with van der Waals surface area (Å²) in [4.78, 5) is 36.9. The first-order valence-corrected chi connectivity index (χ1v) is 8.90. The Bertz CT molecular complexity index is 972. The van der Waals surface area contributed by atoms with Crippen molar-refractivity contribution in [1.82, 2.24) is 4.98 Å². The Kier molecular flexibility index (Phi) is 5.27. The van der Waals surface area contributed by atoms with Gasteiger partial charge in [-0.1, -0.05) is 6.08 Å². The van der Waals surface area contributed by atoms with Crippen LogP contribution in [0.1, 0.15) is 19.4 Å². The van der Waals surface area contributed by atoms with Crippen molar-refractivity contribution in [1.29, 1.82) is 0 Å². The number of hydrogen-bond acceptors (Lipinski definition) is 8. The molecule has 2 heterocycles. The molecule has 1 aromatic carbocycles. The second kappa shape index (κ2) is 7.64. The summed E-state index contributed by atoms with van der Waals surface area (Å²) >= 11 is 0.760. The van der Waals surface area contributed by atoms with E-state index in [1.165, 1.54) is 6.92 Å². The molecule has 11 heteroatoms. The van der Waals surface area contributed by atoms with Gasteiger partial charge in [0.1, 0.15) is 18.6 Å². The minimum absolute atomic E-state index is 0.0840. The third kappa shape index (κ3) is 4.62. The molecule has 0 spiro atoms. The molecule has 0 saturated carbocycles. The molecule has 2 N–H and O–H groups in total. The molecule has 1 aliphatic rings. The third-order valence-corrected chi connectivity index (χ3v) is 4.55. The standard InChI is InChI=1S/C17H16N4O6S/c1-10(22)26-9-17(2)6-5-11-7-12(3-4-13(11)27-17)19-15(23)20-16-18-8-14(28-16)21(24)25/h3-8H,9H2,1-2H3,(H2,18,19,20,23). The molecule has 2 aromatic rings. The topological polar surface area (TPSA) is 133 Å². The lowest BCUT2D eigenvalue weighted by Gasteiger charge is -2.31. The average molecular weight is 404 g/mol. The van der Waals surface area contributed by atoms with E-state index in [0.29, 0.717) is 11.4 Å². The number of amides is 2. The summed E-state index contributed by atoms with van der Waals surface area (Å²) in [5.41, 5.74) is 0.465. The van der Waals surface area contributed by atoms with E-state index in [4.69, 9.17) is 9.47 Å². The molecule has 28 heavy (non-hydrogen) atoms. The van der Waals surface area contributed by atoms with Gasteiger partial charge in [0.15, 0.2) is 10.7 Å². The van der Waals surface area contributed by atoms with Gasteiger partial charge in [0.2, 0.25) is 0 Å². The van der Waals surface area contributed by atoms with Crippen LogP contribution in [-0.2, 0) is 9.53 Å². The van der Waals surface area contributed by atoms with Gasteiger partial charge in [0.05, 0.1) is 4.92 Å². The van der Waals surface area contributed by atoms with E-state index in [-0.39, 0.29) is 22.7 Å². The molecule has 0 saturated heterocycles. The number of nitrogens with zero attached hydrogens (tertiary/aromatic N) is 2. The van der Waals surface area contributed by atoms with Crippen molar-refractivity contribution in [3.8, 4) is 5.75 Å². The fraction of sp³-hybridized carbons (Fsp3) is 0.235. The lowest BCUT2D eigenvalue weighted by Crippen LogP contribution is -2.37. The van der Waals surface area contributed by atoms with Crippen molar-refractivity contribution in [2.75, 3.05) is 17.2 Å². The molecular formula is C17H16N4O6S. The Hall–Kier alpha value is -3.47. The van der Waals surface area contributed by atoms with Gasteiger partial charge in [-0.3, -0.25) is 20.2 Å². The number of fused-ring (bicyclic) bond motifs is 1. The highest BCUT2D eigenvalue weighted by Crippen LogP contribution is 2.33. The second-order valence-corrected chi connectivity index (χ2v) is 7.13. The number of carbonyl (C=O) groups is 2. The molecule has 1 unspecified atom stereocenters. The number of thiazole rings is 1. The summed E-state index contributed by atoms with van der Waals surface area (Å²) in [6.45, 7) is 3.21. The molecule has 0 aliphatic carbocycles. The summed E-state index contributed by atoms with van der Waals surface area (Å²) in [7, 11) is 0. The number of carbonyl (C=O) groups excluding carboxylic acids is 2. The van der Waals surface area contributed by atoms with E-state index < -0.39 is 16.6 Å². The van der Waals surface area contributed by atoms with Crippen molar-refractivity contribution < 1.29 is 24.0 Å². The highest BCUT2D eigenvalue weighted by Gasteiger charge is 2.29. The predicted octanol–water partition coefficient (Wildman–Crippen LogP) is 3.42. The Labute approximate surface area is 163 Å². The van der Waals surface area contributed by atoms with Gasteiger partial charge in [0.25, 0.3) is 0 Å². The fourth-order valence-corrected chi connectivity index (χ4v) is 3.02. The number of ether oxygens (including phenoxy) is 2. The van der Waals surface area contributed by atoms with Crippen LogP contribution in [0.4, 0.5) is 20.6 Å². The zero-order valence-corrected chi connectivity index (χ0v) is 15.7. The van der Waals surface area contributed by atoms with E-state index in [2.05, 4.69) is 15.6 Å². The van der Waals surface area contributed by atoms with Gasteiger partial charge < -0.3 is 14.8 Å². The molecule has 1 atom stereocenters. The van der Waals surface area contributed by atoms with Crippen LogP contribution in [0, 0.1) is 10.1 Å². The van der Waals surface area contributed by atoms with Crippen LogP contribution in [-0.4, -0.2) is 34.1 Å². The van der Waals surface area contributed by atoms with Crippen molar-refractivity contribution in [2.45, 2.75) is 19.4 Å². The molecule has 146 valence electrons. The van der Waals surface area contributed by atoms with Gasteiger partial charge in [0, 0.05) is 18.2 Å². The van der Waals surface area contributed by atoms with E-state index in [0.717, 1.165) is 23.1 Å². The maximum atomic E-state index is 12.1. The number of nitrogens with one attached hydrogen (secondary N) is 2. The monoisotopic (exact) mass is 404 g/mol. The van der Waals surface area contributed by atoms with Crippen molar-refractivity contribution in [3.05, 3.63) is 46.1 Å². The van der Waals surface area contributed by atoms with Gasteiger partial charge in [-0.15, -0.1) is 0 Å². The Balaban J connectivity index is 1.64. The lowest BCUT2D eigenvalue weighted by atomic mass is 10.0. The minimum Gasteiger partial charge on any atom is -0.479 e. The normalized spacial score (nSPS) is 17.2. The van der Waals surface area contributed by atoms with Crippen molar-refractivity contribution in [3.63, 3.8) is 0 Å². The van der Waals surface area contributed by atoms with Gasteiger partial charge in [-0.25, -0.2) is 9.78 Å². The van der Waals surface area contributed by atoms with Crippen LogP contribution in [0.15, 0.2) is 30.5 Å². The summed E-state index contributed by atoms with van der Waals surface area (Å²) in [6.07, 6.45) is 4.67. The number of benzene rings is 1. The number of aromatic nitrogens is 1. The fourth-order valence-electron chi connectivity index (χ4n) is 2.39. The summed E-state index contributed by atoms with van der Waals surface area (Å²) in [6, 6.07) is 4.47. The quantitative estimate of drug-likeness (QED) is 0.443. The highest BCUT2D eigenvalue weighted by molar-refractivity contribution is 7.18. The van der Waals surface area contributed by atoms with Crippen LogP contribution in [0.2, 0.25) is 0 Å². The van der Waals surface area contributed by atoms with E-state index in [1.807, 2.05) is 6.08 Å². The van der Waals surface area contributed by atoms with Crippen LogP contribution >= 0.6 is 11.3 Å². The van der Waals surface area contributed by atoms with E-state index in [9.17, 15) is 19.7 Å². The van der Waals surface area contributed by atoms with Crippen molar-refractivity contribution >= 4 is 45.2 Å². The van der Waals surface area contributed by atoms with E-state index in [1.54, 1.807) is 31.2 Å². The van der Waals surface area contributed by atoms with Crippen molar-refractivity contribution in [2.24, 2.45) is 0 Å². The largest absolute Gasteiger partial charge is 0.479 e. The molecule has 0 bridgehead atoms. The first-order valence-electron chi connectivity index (χ1n) is 8.08. The summed E-state index contributed by atoms with van der Waals surface area (Å²) < 4.78 is 10.9. The summed E-state index contributed by atoms with van der Waals surface area (Å²) in [5, 5.41) is 15.7. The molecule has 1 aliphatic heterocycles. The maximum absolute atomic E-state index is 12.1. The first kappa shape index (κ1) is 19.3. The average Bonchev–Trinajstić information content (AvgIpc) is 3.09. The minimum atomic E-state index is -0.773. The predicted molar refractivity (Wildman–Crippen MR) is 103 cm³/mol. The van der Waals surface area contributed by atoms with Gasteiger partial charge in [-0.05, 0) is 42.5 Å². The third-order valence-electron chi connectivity index (χ3n) is 3.68. The Morgan fingerprint density at radius 3 is 2.86 bits per heavy atom. The molecular weight excluding hydrogens is 388 g/mol. The Morgan fingerprint density at radius 1 is 1.39 bits per heavy atom. The van der Waals surface area contributed by atoms with Crippen LogP contribution in [0.25, 0.3) is 6.08 Å². The number of urea groups is 1. The van der Waals surface area contributed by atoms with Crippen LogP contribution < -0.4 is 15.4 Å². The SMILES string of the molecule is CC(=O)OCC1(C)C=Cc2cc(NC(=O)Nc3ncc([N+](=O)[O-])s3)ccc2O1. The van der Waals surface area contributed by atoms with Gasteiger partial charge >= 0.3 is 17.0 Å². The number of anilines is 2. The smallest absolute Gasteiger partial charge is 0.345 e. The maximum Gasteiger partial charge on any atom is 0.345 e. The molecule has 0 fully saturated rings. The first-order chi connectivity index (χ1) is 13.2. The number of esters is 1. The number of nitro groups is 1. The molecule has 0 radical (unpaired) electrons. The van der Waals surface area contributed by atoms with Crippen LogP contribution in [0.3, 0.4) is 0 Å². The number of hydrogen-bond donors (Lipinski definition) is 2. The highest BCUT2D eigenvalue weighted by atomic mass is 32.1. The van der Waals surface area contributed by atoms with Crippen LogP contribution in [0.5, 0.6) is 5.75 Å². The zero-order valence-electron chi connectivity index (χ0n) is 14.9. The zero-order chi connectivity index (χ0) is 20.3. The lowest BCUT2D eigenvalue weighted by molar-refractivity contribution is -0.380. The second-order valence-electron chi connectivity index (χ2n) is 6.12. The van der Waals surface area contributed by atoms with Gasteiger partial charge in [-0.2, -0.15) is 0 Å². The molecule has 1 aromatic heterocycles. The Morgan fingerprint density at radius 2 is 2.18 bits per heavy atom. The number of rotatable bonds is 5. The van der Waals surface area contributed by atoms with E-state index >= 15 is 0 Å². The summed E-state index contributed by atoms with van der Waals surface area (Å²) in [5.74, 6) is 0.193.